The van der Waals surface area contributed by atoms with Gasteiger partial charge in [0.25, 0.3) is 5.91 Å². The zero-order valence-corrected chi connectivity index (χ0v) is 11.2. The predicted molar refractivity (Wildman–Crippen MR) is 76.2 cm³/mol. The van der Waals surface area contributed by atoms with Gasteiger partial charge in [-0.3, -0.25) is 4.79 Å². The topological polar surface area (TPSA) is 20.3 Å². The van der Waals surface area contributed by atoms with E-state index in [1.54, 1.807) is 4.90 Å². The van der Waals surface area contributed by atoms with Gasteiger partial charge in [-0.05, 0) is 29.8 Å². The highest BCUT2D eigenvalue weighted by Gasteiger charge is 2.13. The van der Waals surface area contributed by atoms with Gasteiger partial charge in [0, 0.05) is 24.5 Å². The van der Waals surface area contributed by atoms with Crippen LogP contribution in [0.2, 0.25) is 0 Å². The number of carbonyl (C=O) groups is 1. The Morgan fingerprint density at radius 3 is 2.56 bits per heavy atom. The second kappa shape index (κ2) is 5.87. The molecule has 0 saturated carbocycles. The first-order chi connectivity index (χ1) is 8.76. The largest absolute Gasteiger partial charge is 0.338 e. The van der Waals surface area contributed by atoms with Gasteiger partial charge in [-0.1, -0.05) is 30.3 Å². The molecule has 2 aromatic rings. The van der Waals surface area contributed by atoms with E-state index < -0.39 is 0 Å². The van der Waals surface area contributed by atoms with Crippen molar-refractivity contribution in [3.63, 3.8) is 0 Å². The molecule has 0 aliphatic rings. The molecule has 0 aliphatic carbocycles. The molecule has 0 unspecified atom stereocenters. The number of nitrogens with zero attached hydrogens (tertiary/aromatic N) is 1. The standard InChI is InChI=1S/C15H16ClNO/c1-2-17(10-9-16)15(18)14-8-7-12-5-3-4-6-13(12)11-14/h3-8,11H,2,9-10H2,1H3. The van der Waals surface area contributed by atoms with Crippen LogP contribution in [0.1, 0.15) is 17.3 Å². The summed E-state index contributed by atoms with van der Waals surface area (Å²) in [6.45, 7) is 3.23. The summed E-state index contributed by atoms with van der Waals surface area (Å²) in [6.07, 6.45) is 0. The van der Waals surface area contributed by atoms with E-state index >= 15 is 0 Å². The Labute approximate surface area is 112 Å². The number of rotatable bonds is 4. The van der Waals surface area contributed by atoms with Crippen LogP contribution in [0.5, 0.6) is 0 Å². The van der Waals surface area contributed by atoms with Crippen LogP contribution in [0.4, 0.5) is 0 Å². The fourth-order valence-corrected chi connectivity index (χ4v) is 2.21. The first kappa shape index (κ1) is 12.9. The van der Waals surface area contributed by atoms with Gasteiger partial charge in [-0.25, -0.2) is 0 Å². The van der Waals surface area contributed by atoms with Gasteiger partial charge in [-0.15, -0.1) is 11.6 Å². The van der Waals surface area contributed by atoms with Gasteiger partial charge in [0.1, 0.15) is 0 Å². The first-order valence-electron chi connectivity index (χ1n) is 6.10. The van der Waals surface area contributed by atoms with Gasteiger partial charge in [0.2, 0.25) is 0 Å². The van der Waals surface area contributed by atoms with Crippen LogP contribution in [0.25, 0.3) is 10.8 Å². The van der Waals surface area contributed by atoms with Crippen molar-refractivity contribution < 1.29 is 4.79 Å². The summed E-state index contributed by atoms with van der Waals surface area (Å²) < 4.78 is 0. The SMILES string of the molecule is CCN(CCCl)C(=O)c1ccc2ccccc2c1. The van der Waals surface area contributed by atoms with Gasteiger partial charge in [-0.2, -0.15) is 0 Å². The van der Waals surface area contributed by atoms with E-state index in [2.05, 4.69) is 0 Å². The van der Waals surface area contributed by atoms with Crippen LogP contribution in [0.15, 0.2) is 42.5 Å². The summed E-state index contributed by atoms with van der Waals surface area (Å²) in [6, 6.07) is 13.8. The molecule has 0 atom stereocenters. The van der Waals surface area contributed by atoms with Crippen molar-refractivity contribution in [2.24, 2.45) is 0 Å². The van der Waals surface area contributed by atoms with E-state index in [1.807, 2.05) is 49.4 Å². The Morgan fingerprint density at radius 2 is 1.89 bits per heavy atom. The van der Waals surface area contributed by atoms with Crippen molar-refractivity contribution in [3.8, 4) is 0 Å². The summed E-state index contributed by atoms with van der Waals surface area (Å²) in [7, 11) is 0. The molecule has 18 heavy (non-hydrogen) atoms. The molecule has 0 N–H and O–H groups in total. The predicted octanol–water partition coefficient (Wildman–Crippen LogP) is 3.54. The lowest BCUT2D eigenvalue weighted by Crippen LogP contribution is -2.32. The highest BCUT2D eigenvalue weighted by molar-refractivity contribution is 6.18. The first-order valence-corrected chi connectivity index (χ1v) is 6.63. The number of amides is 1. The molecular formula is C15H16ClNO. The normalized spacial score (nSPS) is 10.6. The number of halogens is 1. The summed E-state index contributed by atoms with van der Waals surface area (Å²) in [5.41, 5.74) is 0.723. The van der Waals surface area contributed by atoms with E-state index in [9.17, 15) is 4.79 Å². The monoisotopic (exact) mass is 261 g/mol. The van der Waals surface area contributed by atoms with Crippen LogP contribution < -0.4 is 0 Å². The van der Waals surface area contributed by atoms with Crippen LogP contribution >= 0.6 is 11.6 Å². The summed E-state index contributed by atoms with van der Waals surface area (Å²) in [4.78, 5) is 14.0. The molecule has 94 valence electrons. The number of alkyl halides is 1. The highest BCUT2D eigenvalue weighted by Crippen LogP contribution is 2.16. The van der Waals surface area contributed by atoms with E-state index in [-0.39, 0.29) is 5.91 Å². The maximum atomic E-state index is 12.3. The zero-order valence-electron chi connectivity index (χ0n) is 10.4. The fourth-order valence-electron chi connectivity index (χ4n) is 2.01. The quantitative estimate of drug-likeness (QED) is 0.771. The summed E-state index contributed by atoms with van der Waals surface area (Å²) in [5, 5.41) is 2.24. The van der Waals surface area contributed by atoms with Crippen molar-refractivity contribution in [1.29, 1.82) is 0 Å². The molecule has 0 spiro atoms. The number of benzene rings is 2. The van der Waals surface area contributed by atoms with Crippen molar-refractivity contribution >= 4 is 28.3 Å². The molecule has 2 nitrogen and oxygen atoms in total. The Balaban J connectivity index is 2.32. The minimum atomic E-state index is 0.0453. The lowest BCUT2D eigenvalue weighted by Gasteiger charge is -2.19. The number of carbonyl (C=O) groups excluding carboxylic acids is 1. The van der Waals surface area contributed by atoms with Crippen molar-refractivity contribution in [3.05, 3.63) is 48.0 Å². The van der Waals surface area contributed by atoms with Crippen LogP contribution in [0.3, 0.4) is 0 Å². The smallest absolute Gasteiger partial charge is 0.253 e. The molecule has 0 bridgehead atoms. The van der Waals surface area contributed by atoms with Gasteiger partial charge in [0.05, 0.1) is 0 Å². The molecule has 2 rings (SSSR count). The molecule has 0 aromatic heterocycles. The minimum Gasteiger partial charge on any atom is -0.338 e. The van der Waals surface area contributed by atoms with E-state index in [1.165, 1.54) is 0 Å². The van der Waals surface area contributed by atoms with Gasteiger partial charge < -0.3 is 4.90 Å². The minimum absolute atomic E-state index is 0.0453. The molecule has 0 radical (unpaired) electrons. The molecule has 0 heterocycles. The van der Waals surface area contributed by atoms with Crippen molar-refractivity contribution in [2.75, 3.05) is 19.0 Å². The third kappa shape index (κ3) is 2.65. The number of fused-ring (bicyclic) bond motifs is 1. The molecule has 2 aromatic carbocycles. The highest BCUT2D eigenvalue weighted by atomic mass is 35.5. The molecule has 0 saturated heterocycles. The van der Waals surface area contributed by atoms with Crippen LogP contribution in [-0.2, 0) is 0 Å². The Hall–Kier alpha value is -1.54. The number of hydrogen-bond donors (Lipinski definition) is 0. The lowest BCUT2D eigenvalue weighted by molar-refractivity contribution is 0.0774. The van der Waals surface area contributed by atoms with E-state index in [4.69, 9.17) is 11.6 Å². The second-order valence-electron chi connectivity index (χ2n) is 4.14. The average molecular weight is 262 g/mol. The van der Waals surface area contributed by atoms with Gasteiger partial charge in [0.15, 0.2) is 0 Å². The summed E-state index contributed by atoms with van der Waals surface area (Å²) >= 11 is 5.71. The van der Waals surface area contributed by atoms with Crippen molar-refractivity contribution in [1.82, 2.24) is 4.90 Å². The number of hydrogen-bond acceptors (Lipinski definition) is 1. The molecule has 1 amide bonds. The summed E-state index contributed by atoms with van der Waals surface area (Å²) in [5.74, 6) is 0.511. The average Bonchev–Trinajstić information content (AvgIpc) is 2.43. The zero-order chi connectivity index (χ0) is 13.0. The third-order valence-electron chi connectivity index (χ3n) is 3.02. The van der Waals surface area contributed by atoms with Crippen LogP contribution in [-0.4, -0.2) is 29.8 Å². The maximum absolute atomic E-state index is 12.3. The molecule has 0 aliphatic heterocycles. The lowest BCUT2D eigenvalue weighted by atomic mass is 10.1. The van der Waals surface area contributed by atoms with Crippen LogP contribution in [0, 0.1) is 0 Å². The fraction of sp³-hybridized carbons (Fsp3) is 0.267. The van der Waals surface area contributed by atoms with Crippen molar-refractivity contribution in [2.45, 2.75) is 6.92 Å². The Bertz CT molecular complexity index is 553. The Morgan fingerprint density at radius 1 is 1.17 bits per heavy atom. The Kier molecular flexibility index (Phi) is 4.21. The molecular weight excluding hydrogens is 246 g/mol. The maximum Gasteiger partial charge on any atom is 0.253 e. The molecule has 3 heteroatoms. The van der Waals surface area contributed by atoms with E-state index in [0.29, 0.717) is 19.0 Å². The molecule has 0 fully saturated rings. The second-order valence-corrected chi connectivity index (χ2v) is 4.51. The van der Waals surface area contributed by atoms with E-state index in [0.717, 1.165) is 16.3 Å². The third-order valence-corrected chi connectivity index (χ3v) is 3.19. The van der Waals surface area contributed by atoms with Gasteiger partial charge >= 0.3 is 0 Å².